The summed E-state index contributed by atoms with van der Waals surface area (Å²) in [4.78, 5) is 40.5. The molecular weight excluding hydrogens is 460 g/mol. The van der Waals surface area contributed by atoms with Crippen molar-refractivity contribution < 1.29 is 23.0 Å². The number of amides is 1. The van der Waals surface area contributed by atoms with Crippen LogP contribution in [0.4, 0.5) is 13.6 Å². The first-order valence-electron chi connectivity index (χ1n) is 11.3. The Kier molecular flexibility index (Phi) is 6.95. The largest absolute Gasteiger partial charge is 0.444 e. The number of aromatic nitrogens is 4. The molecule has 0 radical (unpaired) electrons. The molecule has 0 N–H and O–H groups in total. The maximum atomic E-state index is 13.6. The molecule has 4 rings (SSSR count). The molecule has 1 fully saturated rings. The molecule has 1 saturated heterocycles. The normalized spacial score (nSPS) is 15.0. The minimum atomic E-state index is -3.02. The van der Waals surface area contributed by atoms with E-state index in [9.17, 15) is 18.4 Å². The summed E-state index contributed by atoms with van der Waals surface area (Å²) in [5, 5.41) is 0. The van der Waals surface area contributed by atoms with Gasteiger partial charge in [-0.25, -0.2) is 9.78 Å². The zero-order valence-corrected chi connectivity index (χ0v) is 19.8. The van der Waals surface area contributed by atoms with Gasteiger partial charge in [-0.2, -0.15) is 8.78 Å². The average Bonchev–Trinajstić information content (AvgIpc) is 2.80. The van der Waals surface area contributed by atoms with Crippen LogP contribution in [-0.4, -0.2) is 55.8 Å². The van der Waals surface area contributed by atoms with Gasteiger partial charge in [0.1, 0.15) is 22.6 Å². The third-order valence-corrected chi connectivity index (χ3v) is 5.71. The molecule has 0 spiro atoms. The van der Waals surface area contributed by atoms with E-state index in [2.05, 4.69) is 19.7 Å². The summed E-state index contributed by atoms with van der Waals surface area (Å²) in [6, 6.07) is 4.59. The number of fused-ring (bicyclic) bond motifs is 1. The molecule has 11 heteroatoms. The molecule has 0 aromatic carbocycles. The van der Waals surface area contributed by atoms with Gasteiger partial charge in [-0.05, 0) is 57.7 Å². The van der Waals surface area contributed by atoms with E-state index in [-0.39, 0.29) is 35.6 Å². The number of carbonyl (C=O) groups is 1. The van der Waals surface area contributed by atoms with E-state index in [0.717, 1.165) is 0 Å². The van der Waals surface area contributed by atoms with Crippen molar-refractivity contribution in [1.82, 2.24) is 24.4 Å². The van der Waals surface area contributed by atoms with E-state index in [1.807, 2.05) is 20.8 Å². The Morgan fingerprint density at radius 3 is 2.54 bits per heavy atom. The van der Waals surface area contributed by atoms with Gasteiger partial charge >= 0.3 is 12.7 Å². The average molecular weight is 488 g/mol. The van der Waals surface area contributed by atoms with Crippen molar-refractivity contribution in [3.8, 4) is 5.75 Å². The third-order valence-electron chi connectivity index (χ3n) is 5.71. The SMILES string of the molecule is CC(C)(C)OC(=O)N1CCC(c2cc3nccnc3n(Cc3ncccc3OC(F)F)c2=O)CC1. The number of piperidine rings is 1. The Morgan fingerprint density at radius 2 is 1.86 bits per heavy atom. The monoisotopic (exact) mass is 487 g/mol. The van der Waals surface area contributed by atoms with Crippen LogP contribution in [0, 0.1) is 0 Å². The highest BCUT2D eigenvalue weighted by atomic mass is 19.3. The number of hydrogen-bond donors (Lipinski definition) is 0. The first-order valence-corrected chi connectivity index (χ1v) is 11.3. The Labute approximate surface area is 200 Å². The van der Waals surface area contributed by atoms with Crippen molar-refractivity contribution in [2.45, 2.75) is 58.3 Å². The van der Waals surface area contributed by atoms with E-state index >= 15 is 0 Å². The Hall–Kier alpha value is -3.63. The predicted octanol–water partition coefficient (Wildman–Crippen LogP) is 3.95. The first-order chi connectivity index (χ1) is 16.6. The molecule has 3 aromatic rings. The lowest BCUT2D eigenvalue weighted by molar-refractivity contribution is -0.0507. The molecule has 1 aliphatic heterocycles. The molecule has 4 heterocycles. The Balaban J connectivity index is 1.64. The van der Waals surface area contributed by atoms with Crippen molar-refractivity contribution in [3.63, 3.8) is 0 Å². The summed E-state index contributed by atoms with van der Waals surface area (Å²) < 4.78 is 37.2. The number of hydrogen-bond acceptors (Lipinski definition) is 7. The van der Waals surface area contributed by atoms with Gasteiger partial charge in [-0.15, -0.1) is 0 Å². The van der Waals surface area contributed by atoms with Crippen LogP contribution in [-0.2, 0) is 11.3 Å². The fourth-order valence-electron chi connectivity index (χ4n) is 4.15. The van der Waals surface area contributed by atoms with Crippen molar-refractivity contribution in [1.29, 1.82) is 0 Å². The van der Waals surface area contributed by atoms with Crippen LogP contribution >= 0.6 is 0 Å². The maximum Gasteiger partial charge on any atom is 0.410 e. The highest BCUT2D eigenvalue weighted by Crippen LogP contribution is 2.29. The standard InChI is InChI=1S/C24H27F2N5O4/c1-24(2,3)35-23(33)30-11-6-15(7-12-30)16-13-17-20(29-10-9-28-17)31(21(16)32)14-18-19(34-22(25)26)5-4-8-27-18/h4-5,8-10,13,15,22H,6-7,11-12,14H2,1-3H3. The second-order valence-electron chi connectivity index (χ2n) is 9.32. The van der Waals surface area contributed by atoms with Crippen LogP contribution in [0.3, 0.4) is 0 Å². The molecule has 1 amide bonds. The topological polar surface area (TPSA) is 99.4 Å². The molecule has 0 unspecified atom stereocenters. The molecule has 0 atom stereocenters. The van der Waals surface area contributed by atoms with Gasteiger partial charge in [0.15, 0.2) is 5.65 Å². The van der Waals surface area contributed by atoms with Gasteiger partial charge < -0.3 is 14.4 Å². The second kappa shape index (κ2) is 9.93. The molecule has 0 saturated carbocycles. The van der Waals surface area contributed by atoms with Crippen molar-refractivity contribution in [2.24, 2.45) is 0 Å². The summed E-state index contributed by atoms with van der Waals surface area (Å²) in [5.74, 6) is -0.220. The number of nitrogens with zero attached hydrogens (tertiary/aromatic N) is 5. The minimum Gasteiger partial charge on any atom is -0.444 e. The van der Waals surface area contributed by atoms with Crippen LogP contribution < -0.4 is 10.3 Å². The van der Waals surface area contributed by atoms with Crippen LogP contribution in [0.2, 0.25) is 0 Å². The van der Waals surface area contributed by atoms with Gasteiger partial charge in [-0.1, -0.05) is 0 Å². The number of likely N-dealkylation sites (tertiary alicyclic amines) is 1. The molecule has 0 aliphatic carbocycles. The van der Waals surface area contributed by atoms with Crippen molar-refractivity contribution >= 4 is 17.3 Å². The van der Waals surface area contributed by atoms with Crippen LogP contribution in [0.25, 0.3) is 11.2 Å². The zero-order chi connectivity index (χ0) is 25.2. The van der Waals surface area contributed by atoms with E-state index < -0.39 is 12.2 Å². The summed E-state index contributed by atoms with van der Waals surface area (Å²) in [6.45, 7) is 3.21. The van der Waals surface area contributed by atoms with Crippen LogP contribution in [0.15, 0.2) is 41.6 Å². The summed E-state index contributed by atoms with van der Waals surface area (Å²) in [5.41, 5.74) is 0.650. The van der Waals surface area contributed by atoms with Gasteiger partial charge in [0.25, 0.3) is 5.56 Å². The summed E-state index contributed by atoms with van der Waals surface area (Å²) >= 11 is 0. The highest BCUT2D eigenvalue weighted by molar-refractivity contribution is 5.71. The number of carbonyl (C=O) groups excluding carboxylic acids is 1. The minimum absolute atomic E-state index is 0.109. The van der Waals surface area contributed by atoms with Crippen molar-refractivity contribution in [3.05, 3.63) is 58.4 Å². The first kappa shape index (κ1) is 24.5. The molecule has 3 aromatic heterocycles. The lowest BCUT2D eigenvalue weighted by atomic mass is 9.90. The van der Waals surface area contributed by atoms with Crippen molar-refractivity contribution in [2.75, 3.05) is 13.1 Å². The fraction of sp³-hybridized carbons (Fsp3) is 0.458. The van der Waals surface area contributed by atoms with E-state index in [1.165, 1.54) is 35.3 Å². The lowest BCUT2D eigenvalue weighted by Gasteiger charge is -2.33. The van der Waals surface area contributed by atoms with E-state index in [1.54, 1.807) is 11.0 Å². The molecule has 186 valence electrons. The van der Waals surface area contributed by atoms with Crippen LogP contribution in [0.5, 0.6) is 5.75 Å². The predicted molar refractivity (Wildman–Crippen MR) is 124 cm³/mol. The highest BCUT2D eigenvalue weighted by Gasteiger charge is 2.29. The number of pyridine rings is 2. The summed E-state index contributed by atoms with van der Waals surface area (Å²) in [7, 11) is 0. The molecular formula is C24H27F2N5O4. The molecule has 35 heavy (non-hydrogen) atoms. The number of ether oxygens (including phenoxy) is 2. The fourth-order valence-corrected chi connectivity index (χ4v) is 4.15. The second-order valence-corrected chi connectivity index (χ2v) is 9.32. The van der Waals surface area contributed by atoms with Gasteiger partial charge in [0.05, 0.1) is 6.54 Å². The molecule has 9 nitrogen and oxygen atoms in total. The van der Waals surface area contributed by atoms with E-state index in [0.29, 0.717) is 42.7 Å². The van der Waals surface area contributed by atoms with E-state index in [4.69, 9.17) is 4.74 Å². The molecule has 0 bridgehead atoms. The summed E-state index contributed by atoms with van der Waals surface area (Å²) in [6.07, 6.45) is 5.21. The quantitative estimate of drug-likeness (QED) is 0.537. The lowest BCUT2D eigenvalue weighted by Crippen LogP contribution is -2.42. The van der Waals surface area contributed by atoms with Gasteiger partial charge in [-0.3, -0.25) is 19.3 Å². The van der Waals surface area contributed by atoms with Gasteiger partial charge in [0.2, 0.25) is 0 Å². The Bertz CT molecular complexity index is 1270. The molecule has 1 aliphatic rings. The third kappa shape index (κ3) is 5.72. The Morgan fingerprint density at radius 1 is 1.14 bits per heavy atom. The number of rotatable bonds is 5. The van der Waals surface area contributed by atoms with Crippen LogP contribution in [0.1, 0.15) is 50.8 Å². The van der Waals surface area contributed by atoms with Gasteiger partial charge in [0, 0.05) is 37.2 Å². The smallest absolute Gasteiger partial charge is 0.410 e. The number of alkyl halides is 2. The maximum absolute atomic E-state index is 13.6. The number of halogens is 2. The zero-order valence-electron chi connectivity index (χ0n) is 19.8.